The van der Waals surface area contributed by atoms with Crippen LogP contribution >= 0.6 is 0 Å². The number of aryl methyl sites for hydroxylation is 3. The van der Waals surface area contributed by atoms with Gasteiger partial charge in [0.2, 0.25) is 0 Å². The number of nitrogens with zero attached hydrogens (tertiary/aromatic N) is 2. The van der Waals surface area contributed by atoms with Crippen LogP contribution in [-0.2, 0) is 11.8 Å². The Kier molecular flexibility index (Phi) is 4.44. The van der Waals surface area contributed by atoms with Crippen molar-refractivity contribution in [2.45, 2.75) is 19.9 Å². The summed E-state index contributed by atoms with van der Waals surface area (Å²) < 4.78 is 12.6. The highest BCUT2D eigenvalue weighted by atomic mass is 16.5. The van der Waals surface area contributed by atoms with Gasteiger partial charge in [-0.15, -0.1) is 0 Å². The molecule has 128 valence electrons. The smallest absolute Gasteiger partial charge is 0.322 e. The van der Waals surface area contributed by atoms with Gasteiger partial charge in [0.05, 0.1) is 13.2 Å². The zero-order valence-electron chi connectivity index (χ0n) is 14.0. The van der Waals surface area contributed by atoms with E-state index in [0.717, 1.165) is 11.3 Å². The van der Waals surface area contributed by atoms with Crippen LogP contribution in [0.25, 0.3) is 0 Å². The van der Waals surface area contributed by atoms with Crippen molar-refractivity contribution < 1.29 is 13.9 Å². The van der Waals surface area contributed by atoms with Crippen molar-refractivity contribution in [1.29, 1.82) is 0 Å². The number of carbonyl (C=O) groups excluding carboxylic acids is 1. The summed E-state index contributed by atoms with van der Waals surface area (Å²) in [5.41, 5.74) is 0.790. The van der Waals surface area contributed by atoms with Crippen LogP contribution < -0.4 is 10.9 Å². The van der Waals surface area contributed by atoms with Gasteiger partial charge in [0.25, 0.3) is 5.56 Å². The molecule has 1 atom stereocenters. The van der Waals surface area contributed by atoms with Crippen LogP contribution in [0.2, 0.25) is 0 Å². The fourth-order valence-corrected chi connectivity index (χ4v) is 2.77. The Morgan fingerprint density at radius 3 is 2.79 bits per heavy atom. The summed E-state index contributed by atoms with van der Waals surface area (Å²) in [5, 5.41) is 2.75. The van der Waals surface area contributed by atoms with Gasteiger partial charge in [0, 0.05) is 19.8 Å². The lowest BCUT2D eigenvalue weighted by atomic mass is 10.2. The second-order valence-electron chi connectivity index (χ2n) is 5.95. The highest BCUT2D eigenvalue weighted by Gasteiger charge is 2.31. The highest BCUT2D eigenvalue weighted by molar-refractivity contribution is 5.90. The van der Waals surface area contributed by atoms with Crippen molar-refractivity contribution in [3.63, 3.8) is 0 Å². The number of ether oxygens (including phenoxy) is 1. The number of pyridine rings is 1. The van der Waals surface area contributed by atoms with Gasteiger partial charge >= 0.3 is 6.03 Å². The summed E-state index contributed by atoms with van der Waals surface area (Å²) in [6.07, 6.45) is 1.68. The lowest BCUT2D eigenvalue weighted by Crippen LogP contribution is -2.46. The molecular weight excluding hydrogens is 310 g/mol. The average molecular weight is 331 g/mol. The largest absolute Gasteiger partial charge is 0.464 e. The number of anilines is 1. The first-order valence-corrected chi connectivity index (χ1v) is 7.85. The molecule has 1 aliphatic rings. The maximum atomic E-state index is 12.7. The number of urea groups is 1. The number of hydrogen-bond acceptors (Lipinski definition) is 4. The van der Waals surface area contributed by atoms with Gasteiger partial charge in [0.15, 0.2) is 0 Å². The molecule has 1 fully saturated rings. The quantitative estimate of drug-likeness (QED) is 0.915. The molecule has 7 nitrogen and oxygen atoms in total. The van der Waals surface area contributed by atoms with Gasteiger partial charge in [-0.05, 0) is 37.6 Å². The normalized spacial score (nSPS) is 17.8. The average Bonchev–Trinajstić information content (AvgIpc) is 3.01. The topological polar surface area (TPSA) is 76.7 Å². The van der Waals surface area contributed by atoms with Gasteiger partial charge in [0.1, 0.15) is 23.2 Å². The van der Waals surface area contributed by atoms with Gasteiger partial charge in [-0.3, -0.25) is 4.79 Å². The lowest BCUT2D eigenvalue weighted by molar-refractivity contribution is 0.00709. The second kappa shape index (κ2) is 6.52. The van der Waals surface area contributed by atoms with Crippen molar-refractivity contribution in [2.75, 3.05) is 25.1 Å². The van der Waals surface area contributed by atoms with E-state index in [0.29, 0.717) is 31.2 Å². The molecule has 7 heteroatoms. The Morgan fingerprint density at radius 2 is 2.08 bits per heavy atom. The first kappa shape index (κ1) is 16.3. The van der Waals surface area contributed by atoms with E-state index in [9.17, 15) is 9.59 Å². The van der Waals surface area contributed by atoms with Gasteiger partial charge in [-0.1, -0.05) is 0 Å². The Bertz CT molecular complexity index is 808. The SMILES string of the molecule is Cc1ccc([C@@H]2COCCN2C(=O)Nc2c(C)ccn(C)c2=O)o1. The van der Waals surface area contributed by atoms with Crippen LogP contribution in [0.5, 0.6) is 0 Å². The van der Waals surface area contributed by atoms with Gasteiger partial charge in [-0.25, -0.2) is 4.79 Å². The Morgan fingerprint density at radius 1 is 1.29 bits per heavy atom. The zero-order valence-corrected chi connectivity index (χ0v) is 14.0. The summed E-state index contributed by atoms with van der Waals surface area (Å²) in [7, 11) is 1.65. The fourth-order valence-electron chi connectivity index (χ4n) is 2.77. The summed E-state index contributed by atoms with van der Waals surface area (Å²) in [6.45, 7) is 4.91. The summed E-state index contributed by atoms with van der Waals surface area (Å²) >= 11 is 0. The first-order chi connectivity index (χ1) is 11.5. The number of morpholine rings is 1. The number of furan rings is 1. The molecule has 0 unspecified atom stereocenters. The molecule has 24 heavy (non-hydrogen) atoms. The van der Waals surface area contributed by atoms with E-state index in [4.69, 9.17) is 9.15 Å². The maximum absolute atomic E-state index is 12.7. The third-order valence-electron chi connectivity index (χ3n) is 4.19. The van der Waals surface area contributed by atoms with Crippen LogP contribution in [0.3, 0.4) is 0 Å². The van der Waals surface area contributed by atoms with Crippen molar-refractivity contribution in [1.82, 2.24) is 9.47 Å². The monoisotopic (exact) mass is 331 g/mol. The minimum atomic E-state index is -0.330. The predicted octanol–water partition coefficient (Wildman–Crippen LogP) is 2.20. The number of carbonyl (C=O) groups is 1. The van der Waals surface area contributed by atoms with E-state index in [1.165, 1.54) is 4.57 Å². The van der Waals surface area contributed by atoms with Crippen LogP contribution in [0.1, 0.15) is 23.1 Å². The van der Waals surface area contributed by atoms with Crippen LogP contribution in [0.15, 0.2) is 33.6 Å². The Hall–Kier alpha value is -2.54. The zero-order chi connectivity index (χ0) is 17.3. The molecule has 0 saturated carbocycles. The standard InChI is InChI=1S/C17H21N3O4/c1-11-6-7-19(3)16(21)15(11)18-17(22)20-8-9-23-10-13(20)14-5-4-12(2)24-14/h4-7,13H,8-10H2,1-3H3,(H,18,22)/t13-/m0/s1. The van der Waals surface area contributed by atoms with Crippen LogP contribution in [0, 0.1) is 13.8 Å². The molecule has 0 radical (unpaired) electrons. The third kappa shape index (κ3) is 3.07. The minimum absolute atomic E-state index is 0.234. The predicted molar refractivity (Wildman–Crippen MR) is 89.1 cm³/mol. The lowest BCUT2D eigenvalue weighted by Gasteiger charge is -2.34. The van der Waals surface area contributed by atoms with E-state index in [2.05, 4.69) is 5.32 Å². The minimum Gasteiger partial charge on any atom is -0.464 e. The number of aromatic nitrogens is 1. The molecule has 0 aliphatic carbocycles. The molecule has 1 saturated heterocycles. The molecule has 0 spiro atoms. The highest BCUT2D eigenvalue weighted by Crippen LogP contribution is 2.26. The molecule has 2 amide bonds. The molecule has 3 rings (SSSR count). The number of rotatable bonds is 2. The Labute approximate surface area is 139 Å². The van der Waals surface area contributed by atoms with Crippen LogP contribution in [0.4, 0.5) is 10.5 Å². The molecule has 2 aromatic heterocycles. The van der Waals surface area contributed by atoms with Gasteiger partial charge in [-0.2, -0.15) is 0 Å². The van der Waals surface area contributed by atoms with Gasteiger partial charge < -0.3 is 23.9 Å². The summed E-state index contributed by atoms with van der Waals surface area (Å²) in [4.78, 5) is 26.6. The van der Waals surface area contributed by atoms with Crippen molar-refractivity contribution >= 4 is 11.7 Å². The summed E-state index contributed by atoms with van der Waals surface area (Å²) in [6, 6.07) is 4.87. The molecule has 1 N–H and O–H groups in total. The van der Waals surface area contributed by atoms with Crippen LogP contribution in [-0.4, -0.2) is 35.3 Å². The van der Waals surface area contributed by atoms with Crippen molar-refractivity contribution in [3.05, 3.63) is 51.8 Å². The van der Waals surface area contributed by atoms with E-state index in [1.807, 2.05) is 19.1 Å². The fraction of sp³-hybridized carbons (Fsp3) is 0.412. The maximum Gasteiger partial charge on any atom is 0.322 e. The van der Waals surface area contributed by atoms with E-state index in [1.54, 1.807) is 31.1 Å². The second-order valence-corrected chi connectivity index (χ2v) is 5.95. The molecule has 2 aromatic rings. The van der Waals surface area contributed by atoms with E-state index < -0.39 is 0 Å². The number of hydrogen-bond donors (Lipinski definition) is 1. The third-order valence-corrected chi connectivity index (χ3v) is 4.19. The molecule has 0 bridgehead atoms. The molecular formula is C17H21N3O4. The number of nitrogens with one attached hydrogen (secondary N) is 1. The van der Waals surface area contributed by atoms with E-state index >= 15 is 0 Å². The molecule has 1 aliphatic heterocycles. The first-order valence-electron chi connectivity index (χ1n) is 7.85. The molecule has 0 aromatic carbocycles. The number of amides is 2. The molecule has 3 heterocycles. The van der Waals surface area contributed by atoms with Crippen molar-refractivity contribution in [3.8, 4) is 0 Å². The van der Waals surface area contributed by atoms with Crippen molar-refractivity contribution in [2.24, 2.45) is 7.05 Å². The van der Waals surface area contributed by atoms with E-state index in [-0.39, 0.29) is 17.6 Å². The summed E-state index contributed by atoms with van der Waals surface area (Å²) in [5.74, 6) is 1.46. The Balaban J connectivity index is 1.85.